The SMILES string of the molecule is CC(C)CC(C)NC(=O)C1CCC(=O)NC1. The predicted octanol–water partition coefficient (Wildman–Crippen LogP) is 1.06. The van der Waals surface area contributed by atoms with E-state index in [4.69, 9.17) is 0 Å². The van der Waals surface area contributed by atoms with E-state index in [0.29, 0.717) is 25.3 Å². The van der Waals surface area contributed by atoms with Crippen molar-refractivity contribution in [3.05, 3.63) is 0 Å². The van der Waals surface area contributed by atoms with Crippen molar-refractivity contribution in [1.29, 1.82) is 0 Å². The van der Waals surface area contributed by atoms with Crippen LogP contribution in [0.2, 0.25) is 0 Å². The number of hydrogen-bond acceptors (Lipinski definition) is 2. The van der Waals surface area contributed by atoms with Gasteiger partial charge in [0.2, 0.25) is 11.8 Å². The number of nitrogens with one attached hydrogen (secondary N) is 2. The second-order valence-electron chi connectivity index (χ2n) is 5.08. The zero-order valence-corrected chi connectivity index (χ0v) is 10.4. The van der Waals surface area contributed by atoms with E-state index in [1.165, 1.54) is 0 Å². The Kier molecular flexibility index (Phi) is 4.77. The summed E-state index contributed by atoms with van der Waals surface area (Å²) in [6, 6.07) is 0.213. The Morgan fingerprint density at radius 1 is 1.50 bits per heavy atom. The Morgan fingerprint density at radius 3 is 2.69 bits per heavy atom. The first-order valence-electron chi connectivity index (χ1n) is 6.06. The van der Waals surface area contributed by atoms with Crippen molar-refractivity contribution < 1.29 is 9.59 Å². The van der Waals surface area contributed by atoms with Crippen LogP contribution in [-0.4, -0.2) is 24.4 Å². The number of carbonyl (C=O) groups excluding carboxylic acids is 2. The first-order valence-corrected chi connectivity index (χ1v) is 6.06. The molecule has 4 heteroatoms. The molecule has 92 valence electrons. The zero-order chi connectivity index (χ0) is 12.1. The Balaban J connectivity index is 2.31. The van der Waals surface area contributed by atoms with E-state index in [2.05, 4.69) is 24.5 Å². The fraction of sp³-hybridized carbons (Fsp3) is 0.833. The van der Waals surface area contributed by atoms with E-state index in [1.807, 2.05) is 6.92 Å². The van der Waals surface area contributed by atoms with Crippen molar-refractivity contribution in [2.75, 3.05) is 6.54 Å². The summed E-state index contributed by atoms with van der Waals surface area (Å²) in [6.07, 6.45) is 2.13. The predicted molar refractivity (Wildman–Crippen MR) is 62.8 cm³/mol. The molecule has 0 aliphatic carbocycles. The van der Waals surface area contributed by atoms with Gasteiger partial charge in [-0.2, -0.15) is 0 Å². The van der Waals surface area contributed by atoms with E-state index in [-0.39, 0.29) is 23.8 Å². The molecule has 0 radical (unpaired) electrons. The highest BCUT2D eigenvalue weighted by molar-refractivity contribution is 5.83. The van der Waals surface area contributed by atoms with Crippen LogP contribution in [0.15, 0.2) is 0 Å². The molecular formula is C12H22N2O2. The van der Waals surface area contributed by atoms with Gasteiger partial charge in [-0.25, -0.2) is 0 Å². The van der Waals surface area contributed by atoms with Gasteiger partial charge in [0.25, 0.3) is 0 Å². The van der Waals surface area contributed by atoms with Gasteiger partial charge >= 0.3 is 0 Å². The summed E-state index contributed by atoms with van der Waals surface area (Å²) in [5.41, 5.74) is 0. The lowest BCUT2D eigenvalue weighted by molar-refractivity contribution is -0.129. The number of piperidine rings is 1. The third-order valence-corrected chi connectivity index (χ3v) is 2.85. The van der Waals surface area contributed by atoms with Crippen molar-refractivity contribution in [2.45, 2.75) is 46.1 Å². The van der Waals surface area contributed by atoms with Gasteiger partial charge in [0.15, 0.2) is 0 Å². The number of rotatable bonds is 4. The van der Waals surface area contributed by atoms with E-state index < -0.39 is 0 Å². The minimum Gasteiger partial charge on any atom is -0.355 e. The van der Waals surface area contributed by atoms with Gasteiger partial charge < -0.3 is 10.6 Å². The molecular weight excluding hydrogens is 204 g/mol. The molecule has 1 fully saturated rings. The van der Waals surface area contributed by atoms with Crippen LogP contribution in [0.5, 0.6) is 0 Å². The van der Waals surface area contributed by atoms with Gasteiger partial charge in [0, 0.05) is 19.0 Å². The lowest BCUT2D eigenvalue weighted by Gasteiger charge is -2.24. The van der Waals surface area contributed by atoms with Crippen molar-refractivity contribution in [2.24, 2.45) is 11.8 Å². The molecule has 0 aromatic carbocycles. The van der Waals surface area contributed by atoms with Gasteiger partial charge in [-0.3, -0.25) is 9.59 Å². The summed E-state index contributed by atoms with van der Waals surface area (Å²) in [5.74, 6) is 0.668. The minimum atomic E-state index is -0.0488. The topological polar surface area (TPSA) is 58.2 Å². The largest absolute Gasteiger partial charge is 0.355 e. The van der Waals surface area contributed by atoms with Crippen LogP contribution in [0.3, 0.4) is 0 Å². The summed E-state index contributed by atoms with van der Waals surface area (Å²) in [7, 11) is 0. The van der Waals surface area contributed by atoms with Gasteiger partial charge in [-0.05, 0) is 25.7 Å². The second kappa shape index (κ2) is 5.87. The molecule has 16 heavy (non-hydrogen) atoms. The normalized spacial score (nSPS) is 22.8. The first-order chi connectivity index (χ1) is 7.49. The zero-order valence-electron chi connectivity index (χ0n) is 10.4. The number of amides is 2. The van der Waals surface area contributed by atoms with Crippen LogP contribution in [0.1, 0.15) is 40.0 Å². The van der Waals surface area contributed by atoms with E-state index >= 15 is 0 Å². The molecule has 1 aliphatic rings. The fourth-order valence-electron chi connectivity index (χ4n) is 2.08. The standard InChI is InChI=1S/C12H22N2O2/c1-8(2)6-9(3)14-12(16)10-4-5-11(15)13-7-10/h8-10H,4-7H2,1-3H3,(H,13,15)(H,14,16). The highest BCUT2D eigenvalue weighted by Gasteiger charge is 2.25. The van der Waals surface area contributed by atoms with Gasteiger partial charge in [0.05, 0.1) is 5.92 Å². The summed E-state index contributed by atoms with van der Waals surface area (Å²) in [6.45, 7) is 6.80. The maximum Gasteiger partial charge on any atom is 0.225 e. The first kappa shape index (κ1) is 13.0. The number of carbonyl (C=O) groups is 2. The Labute approximate surface area is 97.2 Å². The molecule has 1 saturated heterocycles. The number of hydrogen-bond donors (Lipinski definition) is 2. The molecule has 2 unspecified atom stereocenters. The summed E-state index contributed by atoms with van der Waals surface area (Å²) >= 11 is 0. The lowest BCUT2D eigenvalue weighted by atomic mass is 9.97. The molecule has 2 N–H and O–H groups in total. The molecule has 0 spiro atoms. The van der Waals surface area contributed by atoms with Gasteiger partial charge in [-0.15, -0.1) is 0 Å². The maximum absolute atomic E-state index is 11.8. The second-order valence-corrected chi connectivity index (χ2v) is 5.08. The Morgan fingerprint density at radius 2 is 2.19 bits per heavy atom. The molecule has 0 saturated carbocycles. The van der Waals surface area contributed by atoms with Crippen molar-refractivity contribution in [3.63, 3.8) is 0 Å². The minimum absolute atomic E-state index is 0.0488. The van der Waals surface area contributed by atoms with Crippen LogP contribution < -0.4 is 10.6 Å². The third kappa shape index (κ3) is 4.21. The molecule has 0 aromatic rings. The molecule has 1 rings (SSSR count). The molecule has 2 amide bonds. The van der Waals surface area contributed by atoms with Crippen LogP contribution in [0.25, 0.3) is 0 Å². The van der Waals surface area contributed by atoms with Gasteiger partial charge in [-0.1, -0.05) is 13.8 Å². The van der Waals surface area contributed by atoms with E-state index in [0.717, 1.165) is 6.42 Å². The smallest absolute Gasteiger partial charge is 0.225 e. The average Bonchev–Trinajstić information content (AvgIpc) is 2.16. The fourth-order valence-corrected chi connectivity index (χ4v) is 2.08. The molecule has 0 aromatic heterocycles. The Hall–Kier alpha value is -1.06. The van der Waals surface area contributed by atoms with E-state index in [9.17, 15) is 9.59 Å². The van der Waals surface area contributed by atoms with Crippen LogP contribution >= 0.6 is 0 Å². The van der Waals surface area contributed by atoms with Crippen molar-refractivity contribution in [3.8, 4) is 0 Å². The molecule has 2 atom stereocenters. The van der Waals surface area contributed by atoms with Crippen LogP contribution in [0.4, 0.5) is 0 Å². The quantitative estimate of drug-likeness (QED) is 0.753. The summed E-state index contributed by atoms with van der Waals surface area (Å²) in [5, 5.41) is 5.73. The monoisotopic (exact) mass is 226 g/mol. The third-order valence-electron chi connectivity index (χ3n) is 2.85. The van der Waals surface area contributed by atoms with Crippen molar-refractivity contribution in [1.82, 2.24) is 10.6 Å². The molecule has 1 heterocycles. The maximum atomic E-state index is 11.8. The summed E-state index contributed by atoms with van der Waals surface area (Å²) in [4.78, 5) is 22.8. The molecule has 1 aliphatic heterocycles. The molecule has 4 nitrogen and oxygen atoms in total. The lowest BCUT2D eigenvalue weighted by Crippen LogP contribution is -2.45. The van der Waals surface area contributed by atoms with E-state index in [1.54, 1.807) is 0 Å². The Bertz CT molecular complexity index is 254. The molecule has 0 bridgehead atoms. The highest BCUT2D eigenvalue weighted by Crippen LogP contribution is 2.12. The van der Waals surface area contributed by atoms with Gasteiger partial charge in [0.1, 0.15) is 0 Å². The highest BCUT2D eigenvalue weighted by atomic mass is 16.2. The summed E-state index contributed by atoms with van der Waals surface area (Å²) < 4.78 is 0. The van der Waals surface area contributed by atoms with Crippen molar-refractivity contribution >= 4 is 11.8 Å². The van der Waals surface area contributed by atoms with Crippen LogP contribution in [0, 0.1) is 11.8 Å². The van der Waals surface area contributed by atoms with Crippen LogP contribution in [-0.2, 0) is 9.59 Å². The average molecular weight is 226 g/mol.